The van der Waals surface area contributed by atoms with E-state index in [1.807, 2.05) is 18.5 Å². The number of ether oxygens (including phenoxy) is 1. The molecular weight excluding hydrogens is 278 g/mol. The van der Waals surface area contributed by atoms with Crippen LogP contribution in [0.2, 0.25) is 0 Å². The molecule has 1 N–H and O–H groups in total. The molecule has 2 aromatic rings. The number of hydrogen-bond donors (Lipinski definition) is 1. The smallest absolute Gasteiger partial charge is 0.106 e. The van der Waals surface area contributed by atoms with E-state index in [4.69, 9.17) is 4.74 Å². The Balaban J connectivity index is 1.50. The van der Waals surface area contributed by atoms with E-state index in [9.17, 15) is 0 Å². The number of H-pyrrole nitrogens is 1. The van der Waals surface area contributed by atoms with Gasteiger partial charge in [0.1, 0.15) is 5.69 Å². The predicted octanol–water partition coefficient (Wildman–Crippen LogP) is 1.77. The molecule has 6 nitrogen and oxygen atoms in total. The minimum atomic E-state index is 0.714. The molecule has 0 atom stereocenters. The molecule has 0 saturated carbocycles. The van der Waals surface area contributed by atoms with Crippen molar-refractivity contribution in [2.24, 2.45) is 5.92 Å². The zero-order valence-corrected chi connectivity index (χ0v) is 13.0. The number of aromatic amines is 1. The van der Waals surface area contributed by atoms with E-state index in [2.05, 4.69) is 25.1 Å². The predicted molar refractivity (Wildman–Crippen MR) is 84.4 cm³/mol. The first kappa shape index (κ1) is 15.1. The summed E-state index contributed by atoms with van der Waals surface area (Å²) in [4.78, 5) is 11.5. The summed E-state index contributed by atoms with van der Waals surface area (Å²) >= 11 is 0. The van der Waals surface area contributed by atoms with Gasteiger partial charge in [0.25, 0.3) is 0 Å². The van der Waals surface area contributed by atoms with Crippen molar-refractivity contribution in [3.63, 3.8) is 0 Å². The lowest BCUT2D eigenvalue weighted by molar-refractivity contribution is 0.120. The Kier molecular flexibility index (Phi) is 5.13. The zero-order chi connectivity index (χ0) is 15.2. The van der Waals surface area contributed by atoms with Gasteiger partial charge in [-0.2, -0.15) is 5.10 Å². The van der Waals surface area contributed by atoms with E-state index in [1.54, 1.807) is 13.3 Å². The Morgan fingerprint density at radius 1 is 1.27 bits per heavy atom. The van der Waals surface area contributed by atoms with Gasteiger partial charge in [-0.15, -0.1) is 0 Å². The van der Waals surface area contributed by atoms with Crippen LogP contribution in [0.4, 0.5) is 0 Å². The Hall–Kier alpha value is -1.79. The summed E-state index contributed by atoms with van der Waals surface area (Å²) in [7, 11) is 1.76. The number of aromatic nitrogens is 4. The number of likely N-dealkylation sites (tertiary alicyclic amines) is 1. The van der Waals surface area contributed by atoms with E-state index >= 15 is 0 Å². The molecule has 6 heteroatoms. The number of piperidine rings is 1. The Morgan fingerprint density at radius 2 is 2.14 bits per heavy atom. The van der Waals surface area contributed by atoms with Crippen LogP contribution in [0.5, 0.6) is 0 Å². The molecule has 22 heavy (non-hydrogen) atoms. The fourth-order valence-electron chi connectivity index (χ4n) is 2.93. The zero-order valence-electron chi connectivity index (χ0n) is 13.0. The third kappa shape index (κ3) is 3.90. The third-order valence-corrected chi connectivity index (χ3v) is 4.30. The summed E-state index contributed by atoms with van der Waals surface area (Å²) in [6.07, 6.45) is 8.93. The molecule has 1 saturated heterocycles. The molecule has 0 unspecified atom stereocenters. The molecule has 3 heterocycles. The van der Waals surface area contributed by atoms with Crippen LogP contribution < -0.4 is 0 Å². The SMILES string of the molecule is COCCN1CCC(Cc2cnc(-c3ccn[nH]3)cn2)CC1. The lowest BCUT2D eigenvalue weighted by Gasteiger charge is -2.31. The van der Waals surface area contributed by atoms with Gasteiger partial charge >= 0.3 is 0 Å². The highest BCUT2D eigenvalue weighted by atomic mass is 16.5. The Morgan fingerprint density at radius 3 is 2.77 bits per heavy atom. The second-order valence-corrected chi connectivity index (χ2v) is 5.85. The topological polar surface area (TPSA) is 66.9 Å². The fraction of sp³-hybridized carbons (Fsp3) is 0.562. The first-order chi connectivity index (χ1) is 10.8. The average molecular weight is 301 g/mol. The molecule has 0 bridgehead atoms. The van der Waals surface area contributed by atoms with E-state index in [1.165, 1.54) is 12.8 Å². The quantitative estimate of drug-likeness (QED) is 0.881. The molecular formula is C16H23N5O. The van der Waals surface area contributed by atoms with Crippen molar-refractivity contribution in [1.82, 2.24) is 25.1 Å². The maximum Gasteiger partial charge on any atom is 0.106 e. The number of nitrogens with one attached hydrogen (secondary N) is 1. The first-order valence-corrected chi connectivity index (χ1v) is 7.87. The van der Waals surface area contributed by atoms with Gasteiger partial charge in [-0.3, -0.25) is 15.1 Å². The van der Waals surface area contributed by atoms with Crippen molar-refractivity contribution >= 4 is 0 Å². The minimum absolute atomic E-state index is 0.714. The largest absolute Gasteiger partial charge is 0.383 e. The van der Waals surface area contributed by atoms with Gasteiger partial charge in [0.15, 0.2) is 0 Å². The Bertz CT molecular complexity index is 546. The van der Waals surface area contributed by atoms with Crippen molar-refractivity contribution in [3.8, 4) is 11.4 Å². The standard InChI is InChI=1S/C16H23N5O/c1-22-9-8-21-6-3-13(4-7-21)10-14-11-18-16(12-17-14)15-2-5-19-20-15/h2,5,11-13H,3-4,6-10H2,1H3,(H,19,20). The van der Waals surface area contributed by atoms with Crippen molar-refractivity contribution in [1.29, 1.82) is 0 Å². The molecule has 0 amide bonds. The maximum absolute atomic E-state index is 5.14. The number of hydrogen-bond acceptors (Lipinski definition) is 5. The summed E-state index contributed by atoms with van der Waals surface area (Å²) in [6, 6.07) is 1.90. The van der Waals surface area contributed by atoms with Crippen LogP contribution in [0.25, 0.3) is 11.4 Å². The molecule has 1 fully saturated rings. The summed E-state index contributed by atoms with van der Waals surface area (Å²) in [6.45, 7) is 4.19. The van der Waals surface area contributed by atoms with Gasteiger partial charge in [0, 0.05) is 26.0 Å². The van der Waals surface area contributed by atoms with Crippen LogP contribution >= 0.6 is 0 Å². The van der Waals surface area contributed by atoms with Crippen LogP contribution in [-0.4, -0.2) is 58.4 Å². The lowest BCUT2D eigenvalue weighted by atomic mass is 9.92. The highest BCUT2D eigenvalue weighted by Crippen LogP contribution is 2.21. The Labute approximate surface area is 130 Å². The molecule has 0 radical (unpaired) electrons. The van der Waals surface area contributed by atoms with Gasteiger partial charge < -0.3 is 9.64 Å². The fourth-order valence-corrected chi connectivity index (χ4v) is 2.93. The van der Waals surface area contributed by atoms with Crippen LogP contribution in [0.15, 0.2) is 24.7 Å². The van der Waals surface area contributed by atoms with E-state index in [-0.39, 0.29) is 0 Å². The van der Waals surface area contributed by atoms with Crippen molar-refractivity contribution in [2.75, 3.05) is 33.4 Å². The molecule has 3 rings (SSSR count). The normalized spacial score (nSPS) is 17.0. The van der Waals surface area contributed by atoms with Crippen LogP contribution in [0, 0.1) is 5.92 Å². The number of nitrogens with zero attached hydrogens (tertiary/aromatic N) is 4. The maximum atomic E-state index is 5.14. The van der Waals surface area contributed by atoms with E-state index in [0.29, 0.717) is 5.92 Å². The molecule has 0 spiro atoms. The lowest BCUT2D eigenvalue weighted by Crippen LogP contribution is -2.36. The summed E-state index contributed by atoms with van der Waals surface area (Å²) in [5.41, 5.74) is 2.83. The summed E-state index contributed by atoms with van der Waals surface area (Å²) in [5, 5.41) is 6.84. The summed E-state index contributed by atoms with van der Waals surface area (Å²) in [5.74, 6) is 0.714. The van der Waals surface area contributed by atoms with E-state index in [0.717, 1.165) is 49.7 Å². The van der Waals surface area contributed by atoms with Gasteiger partial charge in [0.2, 0.25) is 0 Å². The molecule has 2 aromatic heterocycles. The minimum Gasteiger partial charge on any atom is -0.383 e. The van der Waals surface area contributed by atoms with Crippen molar-refractivity contribution in [2.45, 2.75) is 19.3 Å². The van der Waals surface area contributed by atoms with Crippen LogP contribution in [-0.2, 0) is 11.2 Å². The highest BCUT2D eigenvalue weighted by molar-refractivity contribution is 5.51. The van der Waals surface area contributed by atoms with Crippen molar-refractivity contribution in [3.05, 3.63) is 30.4 Å². The molecule has 1 aliphatic rings. The average Bonchev–Trinajstić information content (AvgIpc) is 3.09. The molecule has 0 aliphatic carbocycles. The van der Waals surface area contributed by atoms with Gasteiger partial charge in [0.05, 0.1) is 24.2 Å². The highest BCUT2D eigenvalue weighted by Gasteiger charge is 2.19. The van der Waals surface area contributed by atoms with Crippen LogP contribution in [0.1, 0.15) is 18.5 Å². The van der Waals surface area contributed by atoms with Crippen molar-refractivity contribution < 1.29 is 4.74 Å². The molecule has 118 valence electrons. The monoisotopic (exact) mass is 301 g/mol. The van der Waals surface area contributed by atoms with E-state index < -0.39 is 0 Å². The molecule has 0 aromatic carbocycles. The third-order valence-electron chi connectivity index (χ3n) is 4.30. The van der Waals surface area contributed by atoms with Gasteiger partial charge in [-0.25, -0.2) is 0 Å². The number of methoxy groups -OCH3 is 1. The number of rotatable bonds is 6. The second kappa shape index (κ2) is 7.47. The van der Waals surface area contributed by atoms with Crippen LogP contribution in [0.3, 0.4) is 0 Å². The molecule has 1 aliphatic heterocycles. The first-order valence-electron chi connectivity index (χ1n) is 7.87. The van der Waals surface area contributed by atoms with Gasteiger partial charge in [-0.05, 0) is 44.3 Å². The second-order valence-electron chi connectivity index (χ2n) is 5.85. The summed E-state index contributed by atoms with van der Waals surface area (Å²) < 4.78 is 5.14. The van der Waals surface area contributed by atoms with Gasteiger partial charge in [-0.1, -0.05) is 0 Å².